The highest BCUT2D eigenvalue weighted by Crippen LogP contribution is 2.20. The summed E-state index contributed by atoms with van der Waals surface area (Å²) in [5.74, 6) is -0.209. The molecule has 9 nitrogen and oxygen atoms in total. The number of amides is 2. The van der Waals surface area contributed by atoms with Crippen LogP contribution in [0.3, 0.4) is 0 Å². The van der Waals surface area contributed by atoms with E-state index in [4.69, 9.17) is 0 Å². The number of aryl methyl sites for hydroxylation is 1. The molecule has 1 saturated carbocycles. The van der Waals surface area contributed by atoms with Crippen LogP contribution in [0.5, 0.6) is 0 Å². The number of nitrogens with one attached hydrogen (secondary N) is 3. The molecule has 2 aromatic rings. The molecule has 1 aliphatic carbocycles. The maximum atomic E-state index is 12.8. The second-order valence-corrected chi connectivity index (χ2v) is 7.73. The van der Waals surface area contributed by atoms with E-state index in [0.29, 0.717) is 18.7 Å². The fourth-order valence-electron chi connectivity index (χ4n) is 3.58. The predicted octanol–water partition coefficient (Wildman–Crippen LogP) is 1.58. The highest BCUT2D eigenvalue weighted by molar-refractivity contribution is 5.93. The molecule has 9 heteroatoms. The zero-order valence-electron chi connectivity index (χ0n) is 17.1. The van der Waals surface area contributed by atoms with E-state index < -0.39 is 0 Å². The highest BCUT2D eigenvalue weighted by Gasteiger charge is 2.26. The van der Waals surface area contributed by atoms with E-state index in [-0.39, 0.29) is 41.1 Å². The minimum absolute atomic E-state index is 0.0206. The Bertz CT molecular complexity index is 912. The molecule has 0 aromatic carbocycles. The van der Waals surface area contributed by atoms with Crippen molar-refractivity contribution in [2.75, 3.05) is 0 Å². The van der Waals surface area contributed by atoms with Crippen molar-refractivity contribution in [2.45, 2.75) is 71.0 Å². The molecule has 0 unspecified atom stereocenters. The summed E-state index contributed by atoms with van der Waals surface area (Å²) in [7, 11) is 0. The van der Waals surface area contributed by atoms with Gasteiger partial charge in [-0.15, -0.1) is 0 Å². The Morgan fingerprint density at radius 1 is 1.24 bits per heavy atom. The van der Waals surface area contributed by atoms with Crippen LogP contribution >= 0.6 is 0 Å². The molecule has 2 amide bonds. The van der Waals surface area contributed by atoms with Crippen LogP contribution in [0.2, 0.25) is 0 Å². The van der Waals surface area contributed by atoms with Crippen LogP contribution in [0.15, 0.2) is 23.3 Å². The minimum Gasteiger partial charge on any atom is -0.348 e. The van der Waals surface area contributed by atoms with Crippen molar-refractivity contribution in [1.82, 2.24) is 30.4 Å². The lowest BCUT2D eigenvalue weighted by atomic mass is 9.90. The predicted molar refractivity (Wildman–Crippen MR) is 108 cm³/mol. The molecule has 2 atom stereocenters. The first-order chi connectivity index (χ1) is 13.9. The molecule has 156 valence electrons. The zero-order chi connectivity index (χ0) is 21.0. The third-order valence-electron chi connectivity index (χ3n) is 5.17. The van der Waals surface area contributed by atoms with Gasteiger partial charge in [0.25, 0.3) is 17.4 Å². The van der Waals surface area contributed by atoms with Gasteiger partial charge in [0.2, 0.25) is 0 Å². The highest BCUT2D eigenvalue weighted by atomic mass is 16.2. The van der Waals surface area contributed by atoms with Crippen LogP contribution in [0.1, 0.15) is 79.0 Å². The van der Waals surface area contributed by atoms with E-state index in [9.17, 15) is 14.4 Å². The van der Waals surface area contributed by atoms with Crippen LogP contribution in [0.25, 0.3) is 0 Å². The molecular formula is C20H28N6O3. The van der Waals surface area contributed by atoms with Crippen LogP contribution in [0, 0.1) is 0 Å². The first-order valence-electron chi connectivity index (χ1n) is 10.1. The first kappa shape index (κ1) is 20.8. The fourth-order valence-corrected chi connectivity index (χ4v) is 3.58. The second-order valence-electron chi connectivity index (χ2n) is 7.73. The zero-order valence-corrected chi connectivity index (χ0v) is 17.1. The Hall–Kier alpha value is -2.97. The molecule has 0 radical (unpaired) electrons. The molecule has 1 fully saturated rings. The summed E-state index contributed by atoms with van der Waals surface area (Å²) < 4.78 is 1.73. The smallest absolute Gasteiger partial charge is 0.271 e. The molecule has 2 aromatic heterocycles. The number of aromatic amines is 1. The van der Waals surface area contributed by atoms with Gasteiger partial charge in [-0.25, -0.2) is 4.98 Å². The molecule has 3 rings (SSSR count). The van der Waals surface area contributed by atoms with Crippen LogP contribution in [-0.2, 0) is 6.54 Å². The lowest BCUT2D eigenvalue weighted by Gasteiger charge is -2.30. The lowest BCUT2D eigenvalue weighted by molar-refractivity contribution is 0.0894. The quantitative estimate of drug-likeness (QED) is 0.680. The van der Waals surface area contributed by atoms with E-state index in [2.05, 4.69) is 39.5 Å². The van der Waals surface area contributed by atoms with Gasteiger partial charge in [-0.1, -0.05) is 13.8 Å². The van der Waals surface area contributed by atoms with Crippen LogP contribution < -0.4 is 16.2 Å². The van der Waals surface area contributed by atoms with Crippen molar-refractivity contribution < 1.29 is 9.59 Å². The van der Waals surface area contributed by atoms with Gasteiger partial charge in [-0.05, 0) is 44.6 Å². The first-order valence-corrected chi connectivity index (χ1v) is 10.1. The molecule has 29 heavy (non-hydrogen) atoms. The molecule has 1 aliphatic rings. The Kier molecular flexibility index (Phi) is 6.46. The van der Waals surface area contributed by atoms with Crippen molar-refractivity contribution in [2.24, 2.45) is 0 Å². The van der Waals surface area contributed by atoms with Crippen molar-refractivity contribution in [1.29, 1.82) is 0 Å². The number of rotatable bonds is 6. The second kappa shape index (κ2) is 9.02. The number of carbonyl (C=O) groups is 2. The summed E-state index contributed by atoms with van der Waals surface area (Å²) in [6.45, 7) is 6.70. The van der Waals surface area contributed by atoms with Gasteiger partial charge >= 0.3 is 0 Å². The number of H-pyrrole nitrogens is 1. The molecule has 3 N–H and O–H groups in total. The average molecular weight is 400 g/mol. The van der Waals surface area contributed by atoms with Gasteiger partial charge < -0.3 is 15.6 Å². The molecule has 0 aliphatic heterocycles. The molecule has 0 saturated heterocycles. The molecule has 2 heterocycles. The maximum Gasteiger partial charge on any atom is 0.271 e. The SMILES string of the molecule is CCn1nc(C(C)C)cc1C(=O)N[C@@H]1CCC[C@H](NC(=O)c2c[nH]c(=O)cn2)C1. The summed E-state index contributed by atoms with van der Waals surface area (Å²) >= 11 is 0. The summed E-state index contributed by atoms with van der Waals surface area (Å²) in [6, 6.07) is 1.78. The van der Waals surface area contributed by atoms with E-state index >= 15 is 0 Å². The Morgan fingerprint density at radius 2 is 1.93 bits per heavy atom. The number of hydrogen-bond donors (Lipinski definition) is 3. The Balaban J connectivity index is 1.61. The van der Waals surface area contributed by atoms with Crippen molar-refractivity contribution in [3.8, 4) is 0 Å². The third-order valence-corrected chi connectivity index (χ3v) is 5.17. The summed E-state index contributed by atoms with van der Waals surface area (Å²) in [5, 5.41) is 10.5. The van der Waals surface area contributed by atoms with Gasteiger partial charge in [0.05, 0.1) is 11.9 Å². The lowest BCUT2D eigenvalue weighted by Crippen LogP contribution is -2.46. The van der Waals surface area contributed by atoms with E-state index in [1.54, 1.807) is 4.68 Å². The summed E-state index contributed by atoms with van der Waals surface area (Å²) in [4.78, 5) is 42.5. The average Bonchev–Trinajstić information content (AvgIpc) is 3.14. The Morgan fingerprint density at radius 3 is 2.52 bits per heavy atom. The number of nitrogens with zero attached hydrogens (tertiary/aromatic N) is 3. The van der Waals surface area contributed by atoms with Crippen molar-refractivity contribution >= 4 is 11.8 Å². The van der Waals surface area contributed by atoms with Gasteiger partial charge in [0.15, 0.2) is 0 Å². The number of aromatic nitrogens is 4. The largest absolute Gasteiger partial charge is 0.348 e. The molecule has 0 bridgehead atoms. The number of carbonyl (C=O) groups excluding carboxylic acids is 2. The van der Waals surface area contributed by atoms with Crippen molar-refractivity contribution in [3.63, 3.8) is 0 Å². The van der Waals surface area contributed by atoms with Gasteiger partial charge in [0.1, 0.15) is 11.4 Å². The van der Waals surface area contributed by atoms with Crippen LogP contribution in [0.4, 0.5) is 0 Å². The van der Waals surface area contributed by atoms with Crippen LogP contribution in [-0.4, -0.2) is 43.6 Å². The van der Waals surface area contributed by atoms with E-state index in [1.807, 2.05) is 13.0 Å². The van der Waals surface area contributed by atoms with Crippen molar-refractivity contribution in [3.05, 3.63) is 45.9 Å². The number of hydrogen-bond acceptors (Lipinski definition) is 5. The fraction of sp³-hybridized carbons (Fsp3) is 0.550. The summed E-state index contributed by atoms with van der Waals surface area (Å²) in [5.41, 5.74) is 1.29. The van der Waals surface area contributed by atoms with Gasteiger partial charge in [-0.2, -0.15) is 5.10 Å². The van der Waals surface area contributed by atoms with E-state index in [0.717, 1.165) is 31.2 Å². The van der Waals surface area contributed by atoms with E-state index in [1.165, 1.54) is 6.20 Å². The molecular weight excluding hydrogens is 372 g/mol. The maximum absolute atomic E-state index is 12.8. The topological polar surface area (TPSA) is 122 Å². The Labute approximate surface area is 169 Å². The minimum atomic E-state index is -0.353. The van der Waals surface area contributed by atoms with Gasteiger partial charge in [-0.3, -0.25) is 19.1 Å². The summed E-state index contributed by atoms with van der Waals surface area (Å²) in [6.07, 6.45) is 5.65. The molecule has 0 spiro atoms. The third kappa shape index (κ3) is 5.10. The normalized spacial score (nSPS) is 19.2. The standard InChI is InChI=1S/C20H28N6O3/c1-4-26-17(9-15(25-26)12(2)3)20(29)24-14-7-5-6-13(8-14)23-19(28)16-10-22-18(27)11-21-16/h9-14H,4-8H2,1-3H3,(H,22,27)(H,23,28)(H,24,29)/t13-,14+/m0/s1. The van der Waals surface area contributed by atoms with Gasteiger partial charge in [0, 0.05) is 24.8 Å². The monoisotopic (exact) mass is 400 g/mol.